The molecule has 2 amide bonds. The Bertz CT molecular complexity index is 456. The molecule has 2 rings (SSSR count). The van der Waals surface area contributed by atoms with E-state index in [4.69, 9.17) is 4.74 Å². The van der Waals surface area contributed by atoms with Gasteiger partial charge in [-0.15, -0.1) is 0 Å². The highest BCUT2D eigenvalue weighted by Crippen LogP contribution is 2.43. The summed E-state index contributed by atoms with van der Waals surface area (Å²) in [5, 5.41) is 25.1. The molecule has 1 aliphatic carbocycles. The number of nitrogens with one attached hydrogen (secondary N) is 2. The highest BCUT2D eigenvalue weighted by molar-refractivity contribution is 5.73. The van der Waals surface area contributed by atoms with Crippen LogP contribution in [0.4, 0.5) is 4.79 Å². The fourth-order valence-corrected chi connectivity index (χ4v) is 4.27. The van der Waals surface area contributed by atoms with Crippen LogP contribution in [0.25, 0.3) is 0 Å². The van der Waals surface area contributed by atoms with E-state index >= 15 is 0 Å². The number of carbonyl (C=O) groups is 1. The molecule has 2 atom stereocenters. The van der Waals surface area contributed by atoms with Gasteiger partial charge in [0.1, 0.15) is 0 Å². The largest absolute Gasteiger partial charge is 0.396 e. The monoisotopic (exact) mass is 371 g/mol. The summed E-state index contributed by atoms with van der Waals surface area (Å²) in [6.45, 7) is 6.40. The number of hydrogen-bond acceptors (Lipinski definition) is 5. The van der Waals surface area contributed by atoms with E-state index in [1.54, 1.807) is 0 Å². The van der Waals surface area contributed by atoms with Gasteiger partial charge < -0.3 is 25.6 Å². The van der Waals surface area contributed by atoms with Crippen LogP contribution in [0.2, 0.25) is 0 Å². The van der Waals surface area contributed by atoms with Gasteiger partial charge in [0.2, 0.25) is 0 Å². The predicted molar refractivity (Wildman–Crippen MR) is 101 cm³/mol. The maximum atomic E-state index is 12.3. The molecule has 7 nitrogen and oxygen atoms in total. The number of amides is 2. The summed E-state index contributed by atoms with van der Waals surface area (Å²) in [6, 6.07) is -0.230. The fourth-order valence-electron chi connectivity index (χ4n) is 4.27. The first-order valence-corrected chi connectivity index (χ1v) is 9.92. The van der Waals surface area contributed by atoms with Gasteiger partial charge in [0.25, 0.3) is 0 Å². The molecule has 1 aliphatic heterocycles. The lowest BCUT2D eigenvalue weighted by molar-refractivity contribution is -0.179. The van der Waals surface area contributed by atoms with E-state index in [9.17, 15) is 15.0 Å². The lowest BCUT2D eigenvalue weighted by Gasteiger charge is -2.59. The van der Waals surface area contributed by atoms with E-state index in [1.807, 2.05) is 7.05 Å². The minimum atomic E-state index is -0.571. The minimum absolute atomic E-state index is 0.0165. The molecule has 0 aromatic carbocycles. The second-order valence-corrected chi connectivity index (χ2v) is 8.58. The van der Waals surface area contributed by atoms with Gasteiger partial charge in [0.05, 0.1) is 25.4 Å². The molecule has 4 N–H and O–H groups in total. The summed E-state index contributed by atoms with van der Waals surface area (Å²) in [7, 11) is 2.04. The Morgan fingerprint density at radius 1 is 1.23 bits per heavy atom. The number of ether oxygens (including phenoxy) is 1. The molecule has 1 saturated carbocycles. The Kier molecular flexibility index (Phi) is 7.70. The Labute approximate surface area is 157 Å². The molecule has 1 heterocycles. The van der Waals surface area contributed by atoms with E-state index in [-0.39, 0.29) is 30.7 Å². The van der Waals surface area contributed by atoms with E-state index in [1.165, 1.54) is 6.42 Å². The van der Waals surface area contributed by atoms with Crippen molar-refractivity contribution in [2.75, 3.05) is 46.6 Å². The van der Waals surface area contributed by atoms with Crippen LogP contribution in [0, 0.1) is 11.8 Å². The molecule has 7 heteroatoms. The summed E-state index contributed by atoms with van der Waals surface area (Å²) in [5.41, 5.74) is -0.554. The third-order valence-electron chi connectivity index (χ3n) is 6.21. The van der Waals surface area contributed by atoms with E-state index in [0.29, 0.717) is 38.6 Å². The first kappa shape index (κ1) is 21.4. The lowest BCUT2D eigenvalue weighted by atomic mass is 9.72. The zero-order valence-electron chi connectivity index (χ0n) is 16.6. The second-order valence-electron chi connectivity index (χ2n) is 8.58. The third kappa shape index (κ3) is 4.88. The maximum absolute atomic E-state index is 12.3. The van der Waals surface area contributed by atoms with Crippen molar-refractivity contribution in [2.45, 2.75) is 57.0 Å². The van der Waals surface area contributed by atoms with Gasteiger partial charge in [-0.25, -0.2) is 4.79 Å². The van der Waals surface area contributed by atoms with Crippen LogP contribution in [0.1, 0.15) is 46.0 Å². The number of aliphatic hydroxyl groups is 2. The molecular weight excluding hydrogens is 334 g/mol. The van der Waals surface area contributed by atoms with Crippen molar-refractivity contribution in [3.63, 3.8) is 0 Å². The van der Waals surface area contributed by atoms with Gasteiger partial charge in [-0.3, -0.25) is 4.90 Å². The minimum Gasteiger partial charge on any atom is -0.396 e. The highest BCUT2D eigenvalue weighted by Gasteiger charge is 2.53. The molecule has 1 saturated heterocycles. The molecule has 152 valence electrons. The van der Waals surface area contributed by atoms with Gasteiger partial charge >= 0.3 is 6.03 Å². The first-order chi connectivity index (χ1) is 12.4. The van der Waals surface area contributed by atoms with Crippen molar-refractivity contribution in [3.8, 4) is 0 Å². The first-order valence-electron chi connectivity index (χ1n) is 9.92. The average molecular weight is 372 g/mol. The van der Waals surface area contributed by atoms with Crippen molar-refractivity contribution >= 4 is 6.03 Å². The van der Waals surface area contributed by atoms with Crippen LogP contribution in [0.3, 0.4) is 0 Å². The van der Waals surface area contributed by atoms with Crippen LogP contribution in [-0.4, -0.2) is 78.8 Å². The van der Waals surface area contributed by atoms with Gasteiger partial charge in [0, 0.05) is 25.2 Å². The van der Waals surface area contributed by atoms with Gasteiger partial charge in [0.15, 0.2) is 0 Å². The summed E-state index contributed by atoms with van der Waals surface area (Å²) in [6.07, 6.45) is 5.01. The number of urea groups is 1. The molecule has 0 radical (unpaired) electrons. The Morgan fingerprint density at radius 3 is 2.50 bits per heavy atom. The average Bonchev–Trinajstić information content (AvgIpc) is 2.57. The van der Waals surface area contributed by atoms with Crippen LogP contribution >= 0.6 is 0 Å². The van der Waals surface area contributed by atoms with Gasteiger partial charge in [-0.2, -0.15) is 0 Å². The summed E-state index contributed by atoms with van der Waals surface area (Å²) in [5.74, 6) is 0.803. The van der Waals surface area contributed by atoms with Crippen molar-refractivity contribution in [3.05, 3.63) is 0 Å². The molecule has 2 aliphatic rings. The molecule has 0 bridgehead atoms. The van der Waals surface area contributed by atoms with Crippen molar-refractivity contribution in [1.82, 2.24) is 15.5 Å². The molecule has 2 unspecified atom stereocenters. The smallest absolute Gasteiger partial charge is 0.314 e. The molecular formula is C19H37N3O4. The standard InChI is InChI=1S/C19H37N3O4/c1-15(2)9-16(5-8-23)10-20-17(25)21-11-19(12-24)14-26-13-18(22(19)3)6-4-7-18/h15-16,23-24H,4-14H2,1-3H3,(H2,20,21,25). The van der Waals surface area contributed by atoms with E-state index < -0.39 is 5.54 Å². The highest BCUT2D eigenvalue weighted by atomic mass is 16.5. The van der Waals surface area contributed by atoms with Crippen molar-refractivity contribution < 1.29 is 19.7 Å². The molecule has 0 aromatic heterocycles. The second kappa shape index (κ2) is 9.35. The van der Waals surface area contributed by atoms with Crippen molar-refractivity contribution in [1.29, 1.82) is 0 Å². The van der Waals surface area contributed by atoms with Crippen molar-refractivity contribution in [2.24, 2.45) is 11.8 Å². The zero-order valence-corrected chi connectivity index (χ0v) is 16.6. The number of morpholine rings is 1. The Morgan fingerprint density at radius 2 is 1.96 bits per heavy atom. The van der Waals surface area contributed by atoms with E-state index in [2.05, 4.69) is 29.4 Å². The normalized spacial score (nSPS) is 26.5. The predicted octanol–water partition coefficient (Wildman–Crippen LogP) is 0.946. The SMILES string of the molecule is CC(C)CC(CCO)CNC(=O)NCC1(CO)COCC2(CCC2)N1C. The number of carbonyl (C=O) groups excluding carboxylic acids is 1. The van der Waals surface area contributed by atoms with Crippen LogP contribution in [-0.2, 0) is 4.74 Å². The molecule has 2 fully saturated rings. The zero-order chi connectivity index (χ0) is 19.2. The topological polar surface area (TPSA) is 94.1 Å². The van der Waals surface area contributed by atoms with Crippen LogP contribution < -0.4 is 10.6 Å². The number of nitrogens with zero attached hydrogens (tertiary/aromatic N) is 1. The molecule has 1 spiro atoms. The van der Waals surface area contributed by atoms with Gasteiger partial charge in [-0.1, -0.05) is 13.8 Å². The number of aliphatic hydroxyl groups excluding tert-OH is 2. The van der Waals surface area contributed by atoms with Crippen LogP contribution in [0.15, 0.2) is 0 Å². The summed E-state index contributed by atoms with van der Waals surface area (Å²) < 4.78 is 5.81. The fraction of sp³-hybridized carbons (Fsp3) is 0.947. The number of hydrogen-bond donors (Lipinski definition) is 4. The number of likely N-dealkylation sites (N-methyl/N-ethyl adjacent to an activating group) is 1. The van der Waals surface area contributed by atoms with E-state index in [0.717, 1.165) is 19.3 Å². The van der Waals surface area contributed by atoms with Gasteiger partial charge in [-0.05, 0) is 51.0 Å². The lowest BCUT2D eigenvalue weighted by Crippen LogP contribution is -2.73. The Balaban J connectivity index is 1.84. The molecule has 26 heavy (non-hydrogen) atoms. The van der Waals surface area contributed by atoms with Crippen LogP contribution in [0.5, 0.6) is 0 Å². The maximum Gasteiger partial charge on any atom is 0.314 e. The summed E-state index contributed by atoms with van der Waals surface area (Å²) in [4.78, 5) is 14.5. The molecule has 0 aromatic rings. The third-order valence-corrected chi connectivity index (χ3v) is 6.21. The quantitative estimate of drug-likeness (QED) is 0.484. The number of rotatable bonds is 9. The summed E-state index contributed by atoms with van der Waals surface area (Å²) >= 11 is 0. The Hall–Kier alpha value is -0.890.